The molecule has 1 aliphatic heterocycles. The van der Waals surface area contributed by atoms with Crippen molar-refractivity contribution < 1.29 is 0 Å². The molecule has 4 heteroatoms. The van der Waals surface area contributed by atoms with Crippen LogP contribution < -0.4 is 11.1 Å². The molecular formula is C13H22N4. The average molecular weight is 234 g/mol. The van der Waals surface area contributed by atoms with Crippen LogP contribution in [0.25, 0.3) is 0 Å². The molecule has 2 heterocycles. The Hall–Kier alpha value is -0.870. The van der Waals surface area contributed by atoms with E-state index in [1.807, 2.05) is 0 Å². The van der Waals surface area contributed by atoms with E-state index in [4.69, 9.17) is 10.8 Å². The fourth-order valence-electron chi connectivity index (χ4n) is 3.17. The van der Waals surface area contributed by atoms with Crippen molar-refractivity contribution in [1.82, 2.24) is 15.1 Å². The molecule has 2 fully saturated rings. The molecule has 17 heavy (non-hydrogen) atoms. The Balaban J connectivity index is 1.95. The molecular weight excluding hydrogens is 212 g/mol. The zero-order valence-corrected chi connectivity index (χ0v) is 10.8. The maximum Gasteiger partial charge on any atom is 0.0647 e. The van der Waals surface area contributed by atoms with Gasteiger partial charge in [-0.1, -0.05) is 0 Å². The molecule has 3 N–H and O–H groups in total. The van der Waals surface area contributed by atoms with Crippen molar-refractivity contribution >= 4 is 0 Å². The Morgan fingerprint density at radius 3 is 2.76 bits per heavy atom. The van der Waals surface area contributed by atoms with Gasteiger partial charge in [0.15, 0.2) is 0 Å². The van der Waals surface area contributed by atoms with Gasteiger partial charge in [-0.25, -0.2) is 0 Å². The monoisotopic (exact) mass is 234 g/mol. The van der Waals surface area contributed by atoms with E-state index in [1.54, 1.807) is 0 Å². The molecule has 1 aliphatic carbocycles. The zero-order valence-electron chi connectivity index (χ0n) is 10.8. The normalized spacial score (nSPS) is 27.1. The minimum Gasteiger partial charge on any atom is -0.321 e. The van der Waals surface area contributed by atoms with Crippen molar-refractivity contribution in [3.8, 4) is 0 Å². The lowest BCUT2D eigenvalue weighted by Gasteiger charge is -2.24. The Bertz CT molecular complexity index is 425. The van der Waals surface area contributed by atoms with Gasteiger partial charge in [-0.2, -0.15) is 5.10 Å². The largest absolute Gasteiger partial charge is 0.321 e. The summed E-state index contributed by atoms with van der Waals surface area (Å²) in [6.07, 6.45) is 4.70. The summed E-state index contributed by atoms with van der Waals surface area (Å²) < 4.78 is 2.21. The molecule has 1 saturated heterocycles. The number of hydrogen-bond acceptors (Lipinski definition) is 3. The van der Waals surface area contributed by atoms with Gasteiger partial charge in [0.1, 0.15) is 0 Å². The van der Waals surface area contributed by atoms with Crippen molar-refractivity contribution in [2.75, 3.05) is 13.1 Å². The number of nitrogens with two attached hydrogens (primary N) is 1. The summed E-state index contributed by atoms with van der Waals surface area (Å²) in [5, 5.41) is 8.19. The van der Waals surface area contributed by atoms with E-state index in [0.717, 1.165) is 31.6 Å². The third kappa shape index (κ3) is 1.79. The van der Waals surface area contributed by atoms with E-state index >= 15 is 0 Å². The fraction of sp³-hybridized carbons (Fsp3) is 0.769. The molecule has 0 radical (unpaired) electrons. The lowest BCUT2D eigenvalue weighted by molar-refractivity contribution is 0.340. The molecule has 1 atom stereocenters. The minimum atomic E-state index is -0.0610. The van der Waals surface area contributed by atoms with Crippen LogP contribution in [-0.2, 0) is 5.54 Å². The predicted molar refractivity (Wildman–Crippen MR) is 67.9 cm³/mol. The third-order valence-electron chi connectivity index (χ3n) is 4.23. The predicted octanol–water partition coefficient (Wildman–Crippen LogP) is 1.37. The van der Waals surface area contributed by atoms with Gasteiger partial charge in [-0.3, -0.25) is 4.68 Å². The number of hydrogen-bond donors (Lipinski definition) is 2. The Morgan fingerprint density at radius 2 is 2.18 bits per heavy atom. The Labute approximate surface area is 103 Å². The Kier molecular flexibility index (Phi) is 2.52. The van der Waals surface area contributed by atoms with Crippen LogP contribution in [0.4, 0.5) is 0 Å². The quantitative estimate of drug-likeness (QED) is 0.812. The summed E-state index contributed by atoms with van der Waals surface area (Å²) >= 11 is 0. The van der Waals surface area contributed by atoms with E-state index < -0.39 is 0 Å². The first kappa shape index (κ1) is 11.2. The van der Waals surface area contributed by atoms with E-state index in [-0.39, 0.29) is 5.54 Å². The summed E-state index contributed by atoms with van der Waals surface area (Å²) in [5.41, 5.74) is 10.0. The summed E-state index contributed by atoms with van der Waals surface area (Å²) in [4.78, 5) is 0. The molecule has 1 unspecified atom stereocenters. The number of aryl methyl sites for hydroxylation is 1. The highest BCUT2D eigenvalue weighted by atomic mass is 15.3. The Morgan fingerprint density at radius 1 is 1.41 bits per heavy atom. The van der Waals surface area contributed by atoms with E-state index in [0.29, 0.717) is 6.04 Å². The number of nitrogens with one attached hydrogen (secondary N) is 1. The van der Waals surface area contributed by atoms with Crippen LogP contribution >= 0.6 is 0 Å². The molecule has 1 aromatic rings. The van der Waals surface area contributed by atoms with Crippen LogP contribution in [0.5, 0.6) is 0 Å². The van der Waals surface area contributed by atoms with E-state index in [2.05, 4.69) is 23.8 Å². The average Bonchev–Trinajstić information content (AvgIpc) is 2.97. The van der Waals surface area contributed by atoms with Crippen molar-refractivity contribution in [3.63, 3.8) is 0 Å². The first-order valence-corrected chi connectivity index (χ1v) is 6.67. The molecule has 0 spiro atoms. The molecule has 2 aliphatic rings. The second-order valence-electron chi connectivity index (χ2n) is 5.65. The van der Waals surface area contributed by atoms with Crippen LogP contribution in [0.1, 0.15) is 48.7 Å². The van der Waals surface area contributed by atoms with Crippen molar-refractivity contribution in [2.24, 2.45) is 5.73 Å². The highest BCUT2D eigenvalue weighted by Gasteiger charge is 2.44. The van der Waals surface area contributed by atoms with Crippen LogP contribution in [-0.4, -0.2) is 22.9 Å². The van der Waals surface area contributed by atoms with Gasteiger partial charge in [-0.05, 0) is 46.1 Å². The molecule has 3 rings (SSSR count). The smallest absolute Gasteiger partial charge is 0.0647 e. The first-order valence-electron chi connectivity index (χ1n) is 6.67. The van der Waals surface area contributed by atoms with Gasteiger partial charge in [0, 0.05) is 23.3 Å². The maximum absolute atomic E-state index is 6.34. The van der Waals surface area contributed by atoms with Crippen LogP contribution in [0, 0.1) is 13.8 Å². The van der Waals surface area contributed by atoms with Crippen molar-refractivity contribution in [3.05, 3.63) is 17.0 Å². The number of piperidine rings is 1. The SMILES string of the molecule is Cc1nn(C2CCCNC2)c(C)c1C1(N)CC1. The molecule has 1 saturated carbocycles. The summed E-state index contributed by atoms with van der Waals surface area (Å²) in [6.45, 7) is 6.46. The first-order chi connectivity index (χ1) is 8.12. The topological polar surface area (TPSA) is 55.9 Å². The summed E-state index contributed by atoms with van der Waals surface area (Å²) in [7, 11) is 0. The lowest BCUT2D eigenvalue weighted by Crippen LogP contribution is -2.32. The van der Waals surface area contributed by atoms with Gasteiger partial charge >= 0.3 is 0 Å². The highest BCUT2D eigenvalue weighted by molar-refractivity contribution is 5.37. The number of aromatic nitrogens is 2. The second kappa shape index (κ2) is 3.82. The molecule has 94 valence electrons. The molecule has 0 aromatic carbocycles. The van der Waals surface area contributed by atoms with Crippen LogP contribution in [0.15, 0.2) is 0 Å². The molecule has 4 nitrogen and oxygen atoms in total. The lowest BCUT2D eigenvalue weighted by atomic mass is 10.0. The van der Waals surface area contributed by atoms with Gasteiger partial charge in [0.25, 0.3) is 0 Å². The van der Waals surface area contributed by atoms with Gasteiger partial charge in [0.05, 0.1) is 11.7 Å². The number of rotatable bonds is 2. The maximum atomic E-state index is 6.34. The number of nitrogens with zero attached hydrogens (tertiary/aromatic N) is 2. The van der Waals surface area contributed by atoms with Crippen LogP contribution in [0.3, 0.4) is 0 Å². The van der Waals surface area contributed by atoms with Crippen molar-refractivity contribution in [1.29, 1.82) is 0 Å². The summed E-state index contributed by atoms with van der Waals surface area (Å²) in [5.74, 6) is 0. The van der Waals surface area contributed by atoms with Crippen LogP contribution in [0.2, 0.25) is 0 Å². The van der Waals surface area contributed by atoms with Gasteiger partial charge in [0.2, 0.25) is 0 Å². The standard InChI is InChI=1S/C13H22N4/c1-9-12(13(14)5-6-13)10(2)17(16-9)11-4-3-7-15-8-11/h11,15H,3-8,14H2,1-2H3. The summed E-state index contributed by atoms with van der Waals surface area (Å²) in [6, 6.07) is 0.513. The second-order valence-corrected chi connectivity index (χ2v) is 5.65. The zero-order chi connectivity index (χ0) is 12.0. The van der Waals surface area contributed by atoms with Gasteiger partial charge in [-0.15, -0.1) is 0 Å². The fourth-order valence-corrected chi connectivity index (χ4v) is 3.17. The van der Waals surface area contributed by atoms with Crippen molar-refractivity contribution in [2.45, 2.75) is 51.1 Å². The van der Waals surface area contributed by atoms with E-state index in [1.165, 1.54) is 24.1 Å². The molecule has 1 aromatic heterocycles. The van der Waals surface area contributed by atoms with E-state index in [9.17, 15) is 0 Å². The molecule has 0 amide bonds. The molecule has 0 bridgehead atoms. The third-order valence-corrected chi connectivity index (χ3v) is 4.23. The highest BCUT2D eigenvalue weighted by Crippen LogP contribution is 2.45. The minimum absolute atomic E-state index is 0.0610. The van der Waals surface area contributed by atoms with Gasteiger partial charge < -0.3 is 11.1 Å².